The summed E-state index contributed by atoms with van der Waals surface area (Å²) in [5, 5.41) is 11.6. The summed E-state index contributed by atoms with van der Waals surface area (Å²) in [6, 6.07) is 18.0. The van der Waals surface area contributed by atoms with Gasteiger partial charge in [0.25, 0.3) is 5.91 Å². The maximum Gasteiger partial charge on any atom is 0.265 e. The SMILES string of the molecule is Cc1nn(-c2ccccc2)c2sc(C(=O)Nc3ccc(S(=O)(=O)N4CCNCC4)cc3)cc12. The van der Waals surface area contributed by atoms with Crippen LogP contribution in [0, 0.1) is 6.92 Å². The van der Waals surface area contributed by atoms with Crippen LogP contribution in [-0.4, -0.2) is 54.6 Å². The van der Waals surface area contributed by atoms with Gasteiger partial charge < -0.3 is 10.6 Å². The first-order chi connectivity index (χ1) is 15.9. The molecule has 1 amide bonds. The zero-order valence-electron chi connectivity index (χ0n) is 18.0. The summed E-state index contributed by atoms with van der Waals surface area (Å²) < 4.78 is 28.9. The van der Waals surface area contributed by atoms with Crippen molar-refractivity contribution >= 4 is 43.2 Å². The second-order valence-electron chi connectivity index (χ2n) is 7.79. The molecular weight excluding hydrogens is 458 g/mol. The van der Waals surface area contributed by atoms with E-state index in [1.807, 2.05) is 48.0 Å². The maximum absolute atomic E-state index is 12.9. The third kappa shape index (κ3) is 4.18. The number of thiophene rings is 1. The summed E-state index contributed by atoms with van der Waals surface area (Å²) in [4.78, 5) is 14.6. The third-order valence-electron chi connectivity index (χ3n) is 5.60. The second kappa shape index (κ2) is 8.71. The molecule has 0 saturated carbocycles. The molecule has 0 radical (unpaired) electrons. The number of nitrogens with one attached hydrogen (secondary N) is 2. The van der Waals surface area contributed by atoms with E-state index in [1.165, 1.54) is 27.8 Å². The van der Waals surface area contributed by atoms with Crippen LogP contribution in [0.1, 0.15) is 15.4 Å². The van der Waals surface area contributed by atoms with Crippen molar-refractivity contribution in [3.8, 4) is 5.69 Å². The number of anilines is 1. The molecule has 1 aliphatic rings. The van der Waals surface area contributed by atoms with E-state index in [1.54, 1.807) is 12.1 Å². The Morgan fingerprint density at radius 2 is 1.76 bits per heavy atom. The molecule has 1 saturated heterocycles. The van der Waals surface area contributed by atoms with Gasteiger partial charge in [-0.3, -0.25) is 4.79 Å². The molecular formula is C23H23N5O3S2. The fourth-order valence-corrected chi connectivity index (χ4v) is 6.36. The molecule has 33 heavy (non-hydrogen) atoms. The smallest absolute Gasteiger partial charge is 0.265 e. The molecule has 3 heterocycles. The Morgan fingerprint density at radius 1 is 1.06 bits per heavy atom. The summed E-state index contributed by atoms with van der Waals surface area (Å²) in [7, 11) is -3.53. The number of amides is 1. The highest BCUT2D eigenvalue weighted by molar-refractivity contribution is 7.89. The lowest BCUT2D eigenvalue weighted by molar-refractivity contribution is 0.103. The molecule has 8 nitrogen and oxygen atoms in total. The Balaban J connectivity index is 1.35. The van der Waals surface area contributed by atoms with Crippen molar-refractivity contribution in [1.29, 1.82) is 0 Å². The summed E-state index contributed by atoms with van der Waals surface area (Å²) in [6.07, 6.45) is 0. The number of piperazine rings is 1. The number of hydrogen-bond donors (Lipinski definition) is 2. The van der Waals surface area contributed by atoms with Crippen LogP contribution in [0.5, 0.6) is 0 Å². The van der Waals surface area contributed by atoms with Crippen LogP contribution in [0.15, 0.2) is 65.6 Å². The van der Waals surface area contributed by atoms with Crippen LogP contribution in [0.2, 0.25) is 0 Å². The summed E-state index contributed by atoms with van der Waals surface area (Å²) in [6.45, 7) is 4.11. The highest BCUT2D eigenvalue weighted by Gasteiger charge is 2.25. The molecule has 10 heteroatoms. The lowest BCUT2D eigenvalue weighted by Gasteiger charge is -2.26. The average Bonchev–Trinajstić information content (AvgIpc) is 3.41. The molecule has 5 rings (SSSR count). The lowest BCUT2D eigenvalue weighted by atomic mass is 10.3. The van der Waals surface area contributed by atoms with Crippen molar-refractivity contribution in [3.63, 3.8) is 0 Å². The molecule has 2 N–H and O–H groups in total. The number of para-hydroxylation sites is 1. The molecule has 0 bridgehead atoms. The summed E-state index contributed by atoms with van der Waals surface area (Å²) >= 11 is 1.37. The van der Waals surface area contributed by atoms with Gasteiger partial charge in [0.15, 0.2) is 0 Å². The Hall–Kier alpha value is -3.05. The van der Waals surface area contributed by atoms with Gasteiger partial charge >= 0.3 is 0 Å². The maximum atomic E-state index is 12.9. The summed E-state index contributed by atoms with van der Waals surface area (Å²) in [5.74, 6) is -0.243. The van der Waals surface area contributed by atoms with Crippen molar-refractivity contribution in [2.24, 2.45) is 0 Å². The van der Waals surface area contributed by atoms with Crippen LogP contribution in [-0.2, 0) is 10.0 Å². The van der Waals surface area contributed by atoms with Gasteiger partial charge in [0.1, 0.15) is 4.83 Å². The highest BCUT2D eigenvalue weighted by Crippen LogP contribution is 2.31. The first kappa shape index (κ1) is 21.8. The van der Waals surface area contributed by atoms with Gasteiger partial charge in [0, 0.05) is 37.3 Å². The van der Waals surface area contributed by atoms with Crippen molar-refractivity contribution in [2.45, 2.75) is 11.8 Å². The molecule has 0 aliphatic carbocycles. The van der Waals surface area contributed by atoms with Crippen molar-refractivity contribution in [3.05, 3.63) is 71.2 Å². The zero-order valence-corrected chi connectivity index (χ0v) is 19.6. The minimum absolute atomic E-state index is 0.225. The van der Waals surface area contributed by atoms with Gasteiger partial charge in [-0.2, -0.15) is 9.40 Å². The third-order valence-corrected chi connectivity index (χ3v) is 8.62. The van der Waals surface area contributed by atoms with Crippen molar-refractivity contribution in [2.75, 3.05) is 31.5 Å². The van der Waals surface area contributed by atoms with Crippen molar-refractivity contribution < 1.29 is 13.2 Å². The van der Waals surface area contributed by atoms with E-state index in [0.29, 0.717) is 36.7 Å². The molecule has 0 atom stereocenters. The zero-order chi connectivity index (χ0) is 23.0. The van der Waals surface area contributed by atoms with Gasteiger partial charge in [-0.1, -0.05) is 18.2 Å². The number of carbonyl (C=O) groups is 1. The quantitative estimate of drug-likeness (QED) is 0.456. The normalized spacial score (nSPS) is 15.1. The number of nitrogens with zero attached hydrogens (tertiary/aromatic N) is 3. The topological polar surface area (TPSA) is 96.3 Å². The molecule has 2 aromatic heterocycles. The average molecular weight is 482 g/mol. The van der Waals surface area contributed by atoms with E-state index in [-0.39, 0.29) is 10.8 Å². The van der Waals surface area contributed by atoms with Gasteiger partial charge in [0.2, 0.25) is 10.0 Å². The van der Waals surface area contributed by atoms with E-state index in [2.05, 4.69) is 15.7 Å². The van der Waals surface area contributed by atoms with Gasteiger partial charge in [-0.15, -0.1) is 11.3 Å². The van der Waals surface area contributed by atoms with Gasteiger partial charge in [-0.05, 0) is 49.4 Å². The van der Waals surface area contributed by atoms with Crippen LogP contribution < -0.4 is 10.6 Å². The minimum Gasteiger partial charge on any atom is -0.321 e. The predicted molar refractivity (Wildman–Crippen MR) is 130 cm³/mol. The number of rotatable bonds is 5. The molecule has 170 valence electrons. The van der Waals surface area contributed by atoms with Crippen LogP contribution in [0.4, 0.5) is 5.69 Å². The van der Waals surface area contributed by atoms with Crippen LogP contribution in [0.3, 0.4) is 0 Å². The van der Waals surface area contributed by atoms with E-state index in [9.17, 15) is 13.2 Å². The Bertz CT molecular complexity index is 1400. The van der Waals surface area contributed by atoms with Crippen molar-refractivity contribution in [1.82, 2.24) is 19.4 Å². The number of benzene rings is 2. The number of sulfonamides is 1. The molecule has 0 spiro atoms. The molecule has 1 aliphatic heterocycles. The van der Waals surface area contributed by atoms with Crippen LogP contribution in [0.25, 0.3) is 15.9 Å². The van der Waals surface area contributed by atoms with Gasteiger partial charge in [0.05, 0.1) is 21.2 Å². The monoisotopic (exact) mass is 481 g/mol. The van der Waals surface area contributed by atoms with E-state index >= 15 is 0 Å². The number of fused-ring (bicyclic) bond motifs is 1. The number of hydrogen-bond acceptors (Lipinski definition) is 6. The van der Waals surface area contributed by atoms with E-state index in [4.69, 9.17) is 0 Å². The standard InChI is InChI=1S/C23H23N5O3S2/c1-16-20-15-21(32-23(20)28(26-16)18-5-3-2-4-6-18)22(29)25-17-7-9-19(10-8-17)33(30,31)27-13-11-24-12-14-27/h2-10,15,24H,11-14H2,1H3,(H,25,29). The van der Waals surface area contributed by atoms with E-state index in [0.717, 1.165) is 21.6 Å². The second-order valence-corrected chi connectivity index (χ2v) is 10.8. The minimum atomic E-state index is -3.53. The fraction of sp³-hybridized carbons (Fsp3) is 0.217. The Kier molecular flexibility index (Phi) is 5.75. The molecule has 0 unspecified atom stereocenters. The lowest BCUT2D eigenvalue weighted by Crippen LogP contribution is -2.46. The number of aryl methyl sites for hydroxylation is 1. The van der Waals surface area contributed by atoms with Crippen LogP contribution >= 0.6 is 11.3 Å². The first-order valence-electron chi connectivity index (χ1n) is 10.6. The molecule has 4 aromatic rings. The molecule has 2 aromatic carbocycles. The Labute approximate surface area is 195 Å². The number of carbonyl (C=O) groups excluding carboxylic acids is 1. The first-order valence-corrected chi connectivity index (χ1v) is 12.9. The van der Waals surface area contributed by atoms with E-state index < -0.39 is 10.0 Å². The largest absolute Gasteiger partial charge is 0.321 e. The fourth-order valence-electron chi connectivity index (χ4n) is 3.84. The Morgan fingerprint density at radius 3 is 2.45 bits per heavy atom. The van der Waals surface area contributed by atoms with Gasteiger partial charge in [-0.25, -0.2) is 13.1 Å². The highest BCUT2D eigenvalue weighted by atomic mass is 32.2. The number of aromatic nitrogens is 2. The predicted octanol–water partition coefficient (Wildman–Crippen LogP) is 3.24. The molecule has 1 fully saturated rings. The summed E-state index contributed by atoms with van der Waals surface area (Å²) in [5.41, 5.74) is 2.33.